The average molecular weight is 505 g/mol. The molecule has 0 aromatic heterocycles. The van der Waals surface area contributed by atoms with E-state index in [2.05, 4.69) is 19.2 Å². The van der Waals surface area contributed by atoms with Crippen molar-refractivity contribution in [3.8, 4) is 5.75 Å². The number of amides is 1. The largest absolute Gasteiger partial charge is 0.487 e. The second-order valence-electron chi connectivity index (χ2n) is 9.22. The fraction of sp³-hybridized carbons (Fsp3) is 0.500. The molecule has 0 spiro atoms. The van der Waals surface area contributed by atoms with E-state index in [1.54, 1.807) is 6.07 Å². The zero-order valence-corrected chi connectivity index (χ0v) is 21.4. The van der Waals surface area contributed by atoms with Gasteiger partial charge >= 0.3 is 0 Å². The van der Waals surface area contributed by atoms with E-state index in [0.717, 1.165) is 49.8 Å². The summed E-state index contributed by atoms with van der Waals surface area (Å²) in [5.41, 5.74) is 0.855. The number of fused-ring (bicyclic) bond motifs is 1. The molecule has 1 amide bonds. The molecule has 2 aromatic carbocycles. The van der Waals surface area contributed by atoms with Crippen LogP contribution < -0.4 is 10.1 Å². The number of carbonyl (C=O) groups is 1. The lowest BCUT2D eigenvalue weighted by atomic mass is 9.83. The Morgan fingerprint density at radius 1 is 1.09 bits per heavy atom. The summed E-state index contributed by atoms with van der Waals surface area (Å²) < 4.78 is 34.5. The first-order valence-electron chi connectivity index (χ1n) is 12.2. The number of hydrogen-bond donors (Lipinski definition) is 1. The first kappa shape index (κ1) is 25.0. The minimum Gasteiger partial charge on any atom is -0.487 e. The maximum atomic E-state index is 13.3. The van der Waals surface area contributed by atoms with Crippen molar-refractivity contribution in [3.63, 3.8) is 0 Å². The van der Waals surface area contributed by atoms with Gasteiger partial charge in [0, 0.05) is 30.6 Å². The van der Waals surface area contributed by atoms with Gasteiger partial charge in [-0.15, -0.1) is 0 Å². The number of halogens is 1. The number of benzene rings is 2. The van der Waals surface area contributed by atoms with Crippen LogP contribution in [0.15, 0.2) is 47.4 Å². The molecule has 0 saturated carbocycles. The molecule has 2 aliphatic heterocycles. The third-order valence-corrected chi connectivity index (χ3v) is 9.55. The molecular weight excluding hydrogens is 472 g/mol. The molecule has 1 unspecified atom stereocenters. The van der Waals surface area contributed by atoms with Gasteiger partial charge in [-0.25, -0.2) is 8.42 Å². The highest BCUT2D eigenvalue weighted by molar-refractivity contribution is 7.89. The molecule has 34 heavy (non-hydrogen) atoms. The molecule has 2 heterocycles. The van der Waals surface area contributed by atoms with Crippen molar-refractivity contribution in [2.24, 2.45) is 0 Å². The quantitative estimate of drug-likeness (QED) is 0.546. The summed E-state index contributed by atoms with van der Waals surface area (Å²) in [5.74, 6) is 0.454. The van der Waals surface area contributed by atoms with Gasteiger partial charge in [-0.05, 0) is 49.9 Å². The van der Waals surface area contributed by atoms with Gasteiger partial charge in [0.15, 0.2) is 0 Å². The zero-order chi connectivity index (χ0) is 24.3. The molecule has 8 heteroatoms. The predicted molar refractivity (Wildman–Crippen MR) is 134 cm³/mol. The summed E-state index contributed by atoms with van der Waals surface area (Å²) in [6.07, 6.45) is 5.99. The van der Waals surface area contributed by atoms with E-state index in [4.69, 9.17) is 16.3 Å². The van der Waals surface area contributed by atoms with E-state index in [1.807, 2.05) is 24.3 Å². The van der Waals surface area contributed by atoms with E-state index in [0.29, 0.717) is 19.5 Å². The smallest absolute Gasteiger partial charge is 0.251 e. The highest BCUT2D eigenvalue weighted by Crippen LogP contribution is 2.42. The lowest BCUT2D eigenvalue weighted by molar-refractivity contribution is 0.0227. The standard InChI is InChI=1S/C26H33ClN2O4S/c1-3-26(4-2)18-22(20-11-7-8-12-23(20)33-26)28-25(30)19-13-14-21(27)24(17-19)34(31,32)29-15-9-5-6-10-16-29/h7-8,11-14,17,22H,3-6,9-10,15-16,18H2,1-2H3,(H,28,30). The van der Waals surface area contributed by atoms with Gasteiger partial charge in [-0.3, -0.25) is 4.79 Å². The predicted octanol–water partition coefficient (Wildman–Crippen LogP) is 5.72. The van der Waals surface area contributed by atoms with Crippen LogP contribution in [0.2, 0.25) is 5.02 Å². The normalized spacial score (nSPS) is 20.6. The van der Waals surface area contributed by atoms with Crippen molar-refractivity contribution >= 4 is 27.5 Å². The van der Waals surface area contributed by atoms with Crippen LogP contribution in [0.1, 0.15) is 80.8 Å². The first-order valence-corrected chi connectivity index (χ1v) is 14.0. The van der Waals surface area contributed by atoms with Gasteiger partial charge in [0.1, 0.15) is 16.2 Å². The topological polar surface area (TPSA) is 75.7 Å². The minimum absolute atomic E-state index is 0.00689. The van der Waals surface area contributed by atoms with Gasteiger partial charge in [0.2, 0.25) is 10.0 Å². The summed E-state index contributed by atoms with van der Waals surface area (Å²) in [6, 6.07) is 12.0. The molecule has 1 atom stereocenters. The van der Waals surface area contributed by atoms with Gasteiger partial charge < -0.3 is 10.1 Å². The van der Waals surface area contributed by atoms with Gasteiger partial charge in [-0.1, -0.05) is 56.5 Å². The maximum Gasteiger partial charge on any atom is 0.251 e. The molecule has 2 aliphatic rings. The number of nitrogens with one attached hydrogen (secondary N) is 1. The summed E-state index contributed by atoms with van der Waals surface area (Å²) in [6.45, 7) is 5.14. The summed E-state index contributed by atoms with van der Waals surface area (Å²) in [7, 11) is -3.78. The molecule has 2 aromatic rings. The van der Waals surface area contributed by atoms with Crippen LogP contribution >= 0.6 is 11.6 Å². The van der Waals surface area contributed by atoms with Crippen LogP contribution in [-0.2, 0) is 10.0 Å². The molecule has 184 valence electrons. The molecule has 6 nitrogen and oxygen atoms in total. The van der Waals surface area contributed by atoms with Crippen molar-refractivity contribution in [2.45, 2.75) is 75.3 Å². The summed E-state index contributed by atoms with van der Waals surface area (Å²) in [5, 5.41) is 3.26. The Labute approximate surface area is 207 Å². The van der Waals surface area contributed by atoms with E-state index < -0.39 is 10.0 Å². The molecular formula is C26H33ClN2O4S. The van der Waals surface area contributed by atoms with Gasteiger partial charge in [0.25, 0.3) is 5.91 Å². The Balaban J connectivity index is 1.62. The minimum atomic E-state index is -3.78. The third-order valence-electron chi connectivity index (χ3n) is 7.17. The Hall–Kier alpha value is -2.09. The average Bonchev–Trinajstić information content (AvgIpc) is 3.14. The molecule has 1 N–H and O–H groups in total. The van der Waals surface area contributed by atoms with Crippen molar-refractivity contribution in [2.75, 3.05) is 13.1 Å². The van der Waals surface area contributed by atoms with Crippen LogP contribution in [0.25, 0.3) is 0 Å². The first-order chi connectivity index (χ1) is 16.3. The molecule has 0 radical (unpaired) electrons. The van der Waals surface area contributed by atoms with Crippen LogP contribution in [0.3, 0.4) is 0 Å². The Morgan fingerprint density at radius 2 is 1.76 bits per heavy atom. The fourth-order valence-electron chi connectivity index (χ4n) is 4.94. The number of hydrogen-bond acceptors (Lipinski definition) is 4. The van der Waals surface area contributed by atoms with Gasteiger partial charge in [0.05, 0.1) is 11.1 Å². The number of ether oxygens (including phenoxy) is 1. The third kappa shape index (κ3) is 4.97. The Bertz CT molecular complexity index is 1140. The molecule has 4 rings (SSSR count). The Kier molecular flexibility index (Phi) is 7.55. The van der Waals surface area contributed by atoms with Gasteiger partial charge in [-0.2, -0.15) is 4.31 Å². The van der Waals surface area contributed by atoms with E-state index in [-0.39, 0.29) is 33.0 Å². The van der Waals surface area contributed by atoms with Crippen molar-refractivity contribution in [1.82, 2.24) is 9.62 Å². The highest BCUT2D eigenvalue weighted by Gasteiger charge is 2.39. The van der Waals surface area contributed by atoms with Crippen molar-refractivity contribution < 1.29 is 17.9 Å². The molecule has 0 aliphatic carbocycles. The summed E-state index contributed by atoms with van der Waals surface area (Å²) >= 11 is 6.33. The van der Waals surface area contributed by atoms with Crippen LogP contribution in [-0.4, -0.2) is 37.3 Å². The number of carbonyl (C=O) groups excluding carboxylic acids is 1. The summed E-state index contributed by atoms with van der Waals surface area (Å²) in [4.78, 5) is 13.3. The Morgan fingerprint density at radius 3 is 2.44 bits per heavy atom. The van der Waals surface area contributed by atoms with Crippen molar-refractivity contribution in [3.05, 3.63) is 58.6 Å². The van der Waals surface area contributed by atoms with Crippen LogP contribution in [0, 0.1) is 0 Å². The number of nitrogens with zero attached hydrogens (tertiary/aromatic N) is 1. The molecule has 1 saturated heterocycles. The number of rotatable bonds is 6. The second kappa shape index (κ2) is 10.3. The molecule has 1 fully saturated rings. The van der Waals surface area contributed by atoms with E-state index in [9.17, 15) is 13.2 Å². The second-order valence-corrected chi connectivity index (χ2v) is 11.5. The van der Waals surface area contributed by atoms with Crippen LogP contribution in [0.5, 0.6) is 5.75 Å². The lowest BCUT2D eigenvalue weighted by Crippen LogP contribution is -2.44. The van der Waals surface area contributed by atoms with E-state index in [1.165, 1.54) is 16.4 Å². The SMILES string of the molecule is CCC1(CC)CC(NC(=O)c2ccc(Cl)c(S(=O)(=O)N3CCCCCC3)c2)c2ccccc2O1. The van der Waals surface area contributed by atoms with Crippen LogP contribution in [0.4, 0.5) is 0 Å². The number of para-hydroxylation sites is 1. The zero-order valence-electron chi connectivity index (χ0n) is 19.8. The van der Waals surface area contributed by atoms with E-state index >= 15 is 0 Å². The number of sulfonamides is 1. The molecule has 0 bridgehead atoms. The fourth-order valence-corrected chi connectivity index (χ4v) is 6.95. The maximum absolute atomic E-state index is 13.3. The monoisotopic (exact) mass is 504 g/mol. The highest BCUT2D eigenvalue weighted by atomic mass is 35.5. The lowest BCUT2D eigenvalue weighted by Gasteiger charge is -2.41. The van der Waals surface area contributed by atoms with Crippen molar-refractivity contribution in [1.29, 1.82) is 0 Å².